The SMILES string of the molecule is Cc1ccc(CN(C)C(=O)C(Cc2ccccc2)NC(=O)c2ccc(Cl)cc2)o1. The highest BCUT2D eigenvalue weighted by atomic mass is 35.5. The molecule has 0 saturated carbocycles. The second-order valence-electron chi connectivity index (χ2n) is 6.93. The third kappa shape index (κ3) is 5.72. The number of furan rings is 1. The molecular weight excluding hydrogens is 388 g/mol. The minimum absolute atomic E-state index is 0.190. The average Bonchev–Trinajstić information content (AvgIpc) is 3.12. The van der Waals surface area contributed by atoms with Gasteiger partial charge < -0.3 is 14.6 Å². The Labute approximate surface area is 175 Å². The smallest absolute Gasteiger partial charge is 0.251 e. The minimum Gasteiger partial charge on any atom is -0.464 e. The van der Waals surface area contributed by atoms with Gasteiger partial charge in [0.1, 0.15) is 17.6 Å². The zero-order valence-corrected chi connectivity index (χ0v) is 17.1. The fourth-order valence-electron chi connectivity index (χ4n) is 3.04. The standard InChI is InChI=1S/C23H23ClN2O3/c1-16-8-13-20(29-16)15-26(2)23(28)21(14-17-6-4-3-5-7-17)25-22(27)18-9-11-19(24)12-10-18/h3-13,21H,14-15H2,1-2H3,(H,25,27). The van der Waals surface area contributed by atoms with Gasteiger partial charge in [0.15, 0.2) is 0 Å². The number of nitrogens with one attached hydrogen (secondary N) is 1. The number of likely N-dealkylation sites (N-methyl/N-ethyl adjacent to an activating group) is 1. The van der Waals surface area contributed by atoms with Crippen LogP contribution in [0.15, 0.2) is 71.1 Å². The quantitative estimate of drug-likeness (QED) is 0.633. The molecule has 1 unspecified atom stereocenters. The van der Waals surface area contributed by atoms with Crippen molar-refractivity contribution in [3.05, 3.63) is 94.4 Å². The number of hydrogen-bond acceptors (Lipinski definition) is 3. The second-order valence-corrected chi connectivity index (χ2v) is 7.37. The number of rotatable bonds is 7. The molecule has 0 saturated heterocycles. The first kappa shape index (κ1) is 20.7. The molecule has 0 fully saturated rings. The Morgan fingerprint density at radius 3 is 2.34 bits per heavy atom. The summed E-state index contributed by atoms with van der Waals surface area (Å²) in [6.07, 6.45) is 0.389. The molecule has 2 amide bonds. The third-order valence-electron chi connectivity index (χ3n) is 4.56. The summed E-state index contributed by atoms with van der Waals surface area (Å²) in [6.45, 7) is 2.19. The van der Waals surface area contributed by atoms with Gasteiger partial charge in [-0.15, -0.1) is 0 Å². The molecular formula is C23H23ClN2O3. The number of amides is 2. The van der Waals surface area contributed by atoms with Crippen LogP contribution < -0.4 is 5.32 Å². The van der Waals surface area contributed by atoms with Crippen LogP contribution in [-0.4, -0.2) is 29.8 Å². The molecule has 5 nitrogen and oxygen atoms in total. The van der Waals surface area contributed by atoms with Crippen LogP contribution in [0, 0.1) is 6.92 Å². The number of nitrogens with zero attached hydrogens (tertiary/aromatic N) is 1. The van der Waals surface area contributed by atoms with E-state index in [0.29, 0.717) is 29.3 Å². The zero-order chi connectivity index (χ0) is 20.8. The minimum atomic E-state index is -0.707. The Morgan fingerprint density at radius 1 is 1.03 bits per heavy atom. The van der Waals surface area contributed by atoms with Gasteiger partial charge in [0, 0.05) is 24.1 Å². The molecule has 3 rings (SSSR count). The van der Waals surface area contributed by atoms with Crippen LogP contribution >= 0.6 is 11.6 Å². The van der Waals surface area contributed by atoms with Crippen molar-refractivity contribution in [3.63, 3.8) is 0 Å². The summed E-state index contributed by atoms with van der Waals surface area (Å²) in [7, 11) is 1.70. The molecule has 0 aliphatic carbocycles. The summed E-state index contributed by atoms with van der Waals surface area (Å²) >= 11 is 5.90. The Bertz CT molecular complexity index is 967. The molecule has 0 aliphatic heterocycles. The van der Waals surface area contributed by atoms with Gasteiger partial charge in [-0.1, -0.05) is 41.9 Å². The lowest BCUT2D eigenvalue weighted by Gasteiger charge is -2.24. The van der Waals surface area contributed by atoms with Gasteiger partial charge in [0.25, 0.3) is 5.91 Å². The largest absolute Gasteiger partial charge is 0.464 e. The van der Waals surface area contributed by atoms with Gasteiger partial charge in [-0.2, -0.15) is 0 Å². The van der Waals surface area contributed by atoms with Crippen molar-refractivity contribution in [2.24, 2.45) is 0 Å². The van der Waals surface area contributed by atoms with E-state index in [1.54, 1.807) is 36.2 Å². The fraction of sp³-hybridized carbons (Fsp3) is 0.217. The summed E-state index contributed by atoms with van der Waals surface area (Å²) in [5.74, 6) is 0.974. The summed E-state index contributed by atoms with van der Waals surface area (Å²) in [4.78, 5) is 27.4. The van der Waals surface area contributed by atoms with E-state index < -0.39 is 6.04 Å². The van der Waals surface area contributed by atoms with Crippen molar-refractivity contribution in [2.75, 3.05) is 7.05 Å². The van der Waals surface area contributed by atoms with E-state index in [-0.39, 0.29) is 11.8 Å². The van der Waals surface area contributed by atoms with Crippen LogP contribution in [0.25, 0.3) is 0 Å². The van der Waals surface area contributed by atoms with Gasteiger partial charge >= 0.3 is 0 Å². The van der Waals surface area contributed by atoms with Crippen molar-refractivity contribution in [2.45, 2.75) is 25.9 Å². The number of aryl methyl sites for hydroxylation is 1. The molecule has 0 spiro atoms. The normalized spacial score (nSPS) is 11.7. The maximum absolute atomic E-state index is 13.1. The van der Waals surface area contributed by atoms with Crippen molar-refractivity contribution >= 4 is 23.4 Å². The van der Waals surface area contributed by atoms with Crippen molar-refractivity contribution in [3.8, 4) is 0 Å². The highest BCUT2D eigenvalue weighted by Crippen LogP contribution is 2.13. The summed E-state index contributed by atoms with van der Waals surface area (Å²) in [5, 5.41) is 3.42. The number of halogens is 1. The predicted octanol–water partition coefficient (Wildman–Crippen LogP) is 4.24. The van der Waals surface area contributed by atoms with E-state index in [0.717, 1.165) is 11.3 Å². The van der Waals surface area contributed by atoms with E-state index in [9.17, 15) is 9.59 Å². The highest BCUT2D eigenvalue weighted by Gasteiger charge is 2.25. The van der Waals surface area contributed by atoms with Crippen molar-refractivity contribution < 1.29 is 14.0 Å². The van der Waals surface area contributed by atoms with Crippen LogP contribution in [0.2, 0.25) is 5.02 Å². The number of carbonyl (C=O) groups excluding carboxylic acids is 2. The Kier molecular flexibility index (Phi) is 6.73. The highest BCUT2D eigenvalue weighted by molar-refractivity contribution is 6.30. The lowest BCUT2D eigenvalue weighted by molar-refractivity contribution is -0.132. The number of hydrogen-bond donors (Lipinski definition) is 1. The molecule has 29 heavy (non-hydrogen) atoms. The lowest BCUT2D eigenvalue weighted by atomic mass is 10.0. The Hall–Kier alpha value is -3.05. The molecule has 1 heterocycles. The second kappa shape index (κ2) is 9.43. The average molecular weight is 411 g/mol. The van der Waals surface area contributed by atoms with Crippen molar-refractivity contribution in [1.29, 1.82) is 0 Å². The van der Waals surface area contributed by atoms with Crippen LogP contribution in [0.1, 0.15) is 27.4 Å². The Balaban J connectivity index is 1.76. The molecule has 1 N–H and O–H groups in total. The summed E-state index contributed by atoms with van der Waals surface area (Å²) in [5.41, 5.74) is 1.41. The van der Waals surface area contributed by atoms with E-state index >= 15 is 0 Å². The zero-order valence-electron chi connectivity index (χ0n) is 16.4. The first-order valence-corrected chi connectivity index (χ1v) is 9.71. The maximum atomic E-state index is 13.1. The number of benzene rings is 2. The van der Waals surface area contributed by atoms with Crippen LogP contribution in [0.3, 0.4) is 0 Å². The molecule has 150 valence electrons. The topological polar surface area (TPSA) is 62.6 Å². The molecule has 0 radical (unpaired) electrons. The Morgan fingerprint density at radius 2 is 1.72 bits per heavy atom. The van der Waals surface area contributed by atoms with Gasteiger partial charge in [0.05, 0.1) is 6.54 Å². The first-order valence-electron chi connectivity index (χ1n) is 9.33. The molecule has 0 bridgehead atoms. The first-order chi connectivity index (χ1) is 13.9. The van der Waals surface area contributed by atoms with Crippen LogP contribution in [0.4, 0.5) is 0 Å². The van der Waals surface area contributed by atoms with Gasteiger partial charge in [-0.25, -0.2) is 0 Å². The lowest BCUT2D eigenvalue weighted by Crippen LogP contribution is -2.48. The van der Waals surface area contributed by atoms with E-state index in [2.05, 4.69) is 5.32 Å². The summed E-state index contributed by atoms with van der Waals surface area (Å²) in [6, 6.07) is 19.2. The van der Waals surface area contributed by atoms with Crippen molar-refractivity contribution in [1.82, 2.24) is 10.2 Å². The molecule has 1 aromatic heterocycles. The molecule has 2 aromatic carbocycles. The van der Waals surface area contributed by atoms with Crippen LogP contribution in [0.5, 0.6) is 0 Å². The fourth-order valence-corrected chi connectivity index (χ4v) is 3.17. The monoisotopic (exact) mass is 410 g/mol. The van der Waals surface area contributed by atoms with Crippen LogP contribution in [-0.2, 0) is 17.8 Å². The van der Waals surface area contributed by atoms with E-state index in [4.69, 9.17) is 16.0 Å². The molecule has 3 aromatic rings. The molecule has 6 heteroatoms. The van der Waals surface area contributed by atoms with E-state index in [1.165, 1.54) is 0 Å². The van der Waals surface area contributed by atoms with E-state index in [1.807, 2.05) is 49.4 Å². The summed E-state index contributed by atoms with van der Waals surface area (Å²) < 4.78 is 5.57. The molecule has 0 aliphatic rings. The predicted molar refractivity (Wildman–Crippen MR) is 113 cm³/mol. The maximum Gasteiger partial charge on any atom is 0.251 e. The van der Waals surface area contributed by atoms with Gasteiger partial charge in [0.2, 0.25) is 5.91 Å². The van der Waals surface area contributed by atoms with Gasteiger partial charge in [-0.05, 0) is 48.9 Å². The molecule has 1 atom stereocenters. The van der Waals surface area contributed by atoms with Gasteiger partial charge in [-0.3, -0.25) is 9.59 Å². The third-order valence-corrected chi connectivity index (χ3v) is 4.81. The number of carbonyl (C=O) groups is 2.